The molecule has 0 radical (unpaired) electrons. The Morgan fingerprint density at radius 2 is 2.18 bits per heavy atom. The molecule has 3 unspecified atom stereocenters. The SMILES string of the molecule is CCC(C)C1NC(=O)C(C)N(C/C=C/Cl)C1=O. The molecular weight excluding hydrogens is 240 g/mol. The van der Waals surface area contributed by atoms with Gasteiger partial charge >= 0.3 is 0 Å². The fraction of sp³-hybridized carbons (Fsp3) is 0.667. The lowest BCUT2D eigenvalue weighted by Crippen LogP contribution is -2.64. The minimum atomic E-state index is -0.435. The molecule has 1 N–H and O–H groups in total. The van der Waals surface area contributed by atoms with Gasteiger partial charge in [0.25, 0.3) is 0 Å². The molecule has 0 saturated carbocycles. The van der Waals surface area contributed by atoms with Crippen LogP contribution in [0.5, 0.6) is 0 Å². The molecule has 4 nitrogen and oxygen atoms in total. The zero-order chi connectivity index (χ0) is 13.0. The number of carbonyl (C=O) groups is 2. The molecule has 0 spiro atoms. The second kappa shape index (κ2) is 6.05. The third-order valence-electron chi connectivity index (χ3n) is 3.30. The second-order valence-electron chi connectivity index (χ2n) is 4.40. The van der Waals surface area contributed by atoms with E-state index in [1.807, 2.05) is 13.8 Å². The molecular formula is C12H19ClN2O2. The predicted molar refractivity (Wildman–Crippen MR) is 67.6 cm³/mol. The van der Waals surface area contributed by atoms with Crippen molar-refractivity contribution in [1.29, 1.82) is 0 Å². The van der Waals surface area contributed by atoms with Crippen LogP contribution in [-0.2, 0) is 9.59 Å². The molecule has 0 bridgehead atoms. The van der Waals surface area contributed by atoms with Gasteiger partial charge in [0.2, 0.25) is 11.8 Å². The summed E-state index contributed by atoms with van der Waals surface area (Å²) in [7, 11) is 0. The van der Waals surface area contributed by atoms with Crippen molar-refractivity contribution < 1.29 is 9.59 Å². The fourth-order valence-corrected chi connectivity index (χ4v) is 1.95. The van der Waals surface area contributed by atoms with Crippen LogP contribution in [0.25, 0.3) is 0 Å². The molecule has 1 rings (SSSR count). The number of nitrogens with zero attached hydrogens (tertiary/aromatic N) is 1. The van der Waals surface area contributed by atoms with Gasteiger partial charge in [-0.2, -0.15) is 0 Å². The molecule has 2 amide bonds. The third kappa shape index (κ3) is 3.00. The van der Waals surface area contributed by atoms with Gasteiger partial charge in [-0.15, -0.1) is 0 Å². The number of nitrogens with one attached hydrogen (secondary N) is 1. The summed E-state index contributed by atoms with van der Waals surface area (Å²) in [6, 6.07) is -0.844. The lowest BCUT2D eigenvalue weighted by molar-refractivity contribution is -0.149. The van der Waals surface area contributed by atoms with Crippen LogP contribution in [-0.4, -0.2) is 35.3 Å². The van der Waals surface area contributed by atoms with Gasteiger partial charge in [0.1, 0.15) is 12.1 Å². The Labute approximate surface area is 107 Å². The van der Waals surface area contributed by atoms with Crippen LogP contribution in [0, 0.1) is 5.92 Å². The summed E-state index contributed by atoms with van der Waals surface area (Å²) in [6.07, 6.45) is 2.52. The maximum absolute atomic E-state index is 12.2. The van der Waals surface area contributed by atoms with Crippen LogP contribution in [0.15, 0.2) is 11.6 Å². The van der Waals surface area contributed by atoms with E-state index < -0.39 is 12.1 Å². The summed E-state index contributed by atoms with van der Waals surface area (Å²) >= 11 is 5.46. The minimum absolute atomic E-state index is 0.0267. The van der Waals surface area contributed by atoms with Crippen LogP contribution in [0.2, 0.25) is 0 Å². The highest BCUT2D eigenvalue weighted by atomic mass is 35.5. The van der Waals surface area contributed by atoms with Gasteiger partial charge < -0.3 is 10.2 Å². The Balaban J connectivity index is 2.86. The van der Waals surface area contributed by atoms with E-state index in [2.05, 4.69) is 5.32 Å². The van der Waals surface area contributed by atoms with Gasteiger partial charge in [-0.05, 0) is 12.8 Å². The summed E-state index contributed by atoms with van der Waals surface area (Å²) in [5.74, 6) is 0.0144. The molecule has 1 heterocycles. The molecule has 17 heavy (non-hydrogen) atoms. The van der Waals surface area contributed by atoms with Gasteiger partial charge in [-0.3, -0.25) is 9.59 Å². The fourth-order valence-electron chi connectivity index (χ4n) is 1.87. The maximum Gasteiger partial charge on any atom is 0.246 e. The van der Waals surface area contributed by atoms with E-state index in [9.17, 15) is 9.59 Å². The summed E-state index contributed by atoms with van der Waals surface area (Å²) in [5, 5.41) is 2.79. The van der Waals surface area contributed by atoms with Crippen LogP contribution in [0.3, 0.4) is 0 Å². The molecule has 0 aromatic heterocycles. The van der Waals surface area contributed by atoms with Crippen molar-refractivity contribution in [2.45, 2.75) is 39.3 Å². The number of piperazine rings is 1. The Morgan fingerprint density at radius 1 is 1.53 bits per heavy atom. The van der Waals surface area contributed by atoms with Crippen molar-refractivity contribution in [3.05, 3.63) is 11.6 Å². The lowest BCUT2D eigenvalue weighted by Gasteiger charge is -2.38. The Hall–Kier alpha value is -1.03. The van der Waals surface area contributed by atoms with Crippen molar-refractivity contribution in [3.8, 4) is 0 Å². The lowest BCUT2D eigenvalue weighted by atomic mass is 9.94. The summed E-state index contributed by atoms with van der Waals surface area (Å²) in [6.45, 7) is 6.07. The van der Waals surface area contributed by atoms with E-state index >= 15 is 0 Å². The topological polar surface area (TPSA) is 49.4 Å². The molecule has 1 fully saturated rings. The average molecular weight is 259 g/mol. The van der Waals surface area contributed by atoms with Gasteiger partial charge in [-0.25, -0.2) is 0 Å². The average Bonchev–Trinajstić information content (AvgIpc) is 2.33. The molecule has 0 aromatic rings. The van der Waals surface area contributed by atoms with Crippen molar-refractivity contribution in [3.63, 3.8) is 0 Å². The number of hydrogen-bond acceptors (Lipinski definition) is 2. The number of hydrogen-bond donors (Lipinski definition) is 1. The Bertz CT molecular complexity index is 330. The first-order chi connectivity index (χ1) is 8.02. The number of carbonyl (C=O) groups excluding carboxylic acids is 2. The molecule has 96 valence electrons. The van der Waals surface area contributed by atoms with E-state index in [-0.39, 0.29) is 17.7 Å². The monoisotopic (exact) mass is 258 g/mol. The zero-order valence-electron chi connectivity index (χ0n) is 10.4. The molecule has 1 aliphatic heterocycles. The van der Waals surface area contributed by atoms with Crippen LogP contribution in [0.1, 0.15) is 27.2 Å². The molecule has 5 heteroatoms. The second-order valence-corrected chi connectivity index (χ2v) is 4.65. The standard InChI is InChI=1S/C12H19ClN2O2/c1-4-8(2)10-12(17)15(7-5-6-13)9(3)11(16)14-10/h5-6,8-10H,4,7H2,1-3H3,(H,14,16)/b6-5+. The molecule has 1 aliphatic rings. The van der Waals surface area contributed by atoms with Crippen LogP contribution >= 0.6 is 11.6 Å². The van der Waals surface area contributed by atoms with Crippen LogP contribution in [0.4, 0.5) is 0 Å². The third-order valence-corrected chi connectivity index (χ3v) is 3.48. The van der Waals surface area contributed by atoms with Crippen LogP contribution < -0.4 is 5.32 Å². The van der Waals surface area contributed by atoms with Crippen molar-refractivity contribution in [1.82, 2.24) is 10.2 Å². The summed E-state index contributed by atoms with van der Waals surface area (Å²) < 4.78 is 0. The molecule has 0 aromatic carbocycles. The molecule has 1 saturated heterocycles. The number of amides is 2. The maximum atomic E-state index is 12.2. The molecule has 3 atom stereocenters. The van der Waals surface area contributed by atoms with E-state index in [0.717, 1.165) is 6.42 Å². The number of halogens is 1. The van der Waals surface area contributed by atoms with Crippen molar-refractivity contribution >= 4 is 23.4 Å². The predicted octanol–water partition coefficient (Wildman–Crippen LogP) is 1.50. The van der Waals surface area contributed by atoms with E-state index in [0.29, 0.717) is 6.54 Å². The smallest absolute Gasteiger partial charge is 0.246 e. The summed E-state index contributed by atoms with van der Waals surface area (Å²) in [5.41, 5.74) is 1.37. The highest BCUT2D eigenvalue weighted by molar-refractivity contribution is 6.25. The zero-order valence-corrected chi connectivity index (χ0v) is 11.2. The van der Waals surface area contributed by atoms with Gasteiger partial charge in [-0.1, -0.05) is 37.9 Å². The Kier molecular flexibility index (Phi) is 5.00. The van der Waals surface area contributed by atoms with Gasteiger partial charge in [0.15, 0.2) is 0 Å². The molecule has 0 aliphatic carbocycles. The van der Waals surface area contributed by atoms with E-state index in [1.54, 1.807) is 17.9 Å². The number of rotatable bonds is 4. The largest absolute Gasteiger partial charge is 0.342 e. The van der Waals surface area contributed by atoms with Crippen molar-refractivity contribution in [2.75, 3.05) is 6.54 Å². The van der Waals surface area contributed by atoms with Crippen molar-refractivity contribution in [2.24, 2.45) is 5.92 Å². The highest BCUT2D eigenvalue weighted by Gasteiger charge is 2.39. The van der Waals surface area contributed by atoms with E-state index in [1.165, 1.54) is 5.54 Å². The summed E-state index contributed by atoms with van der Waals surface area (Å²) in [4.78, 5) is 25.6. The van der Waals surface area contributed by atoms with E-state index in [4.69, 9.17) is 11.6 Å². The highest BCUT2D eigenvalue weighted by Crippen LogP contribution is 2.17. The van der Waals surface area contributed by atoms with Gasteiger partial charge in [0, 0.05) is 12.1 Å². The first kappa shape index (κ1) is 14.0. The quantitative estimate of drug-likeness (QED) is 0.831. The first-order valence-electron chi connectivity index (χ1n) is 5.89. The normalized spacial score (nSPS) is 27.4. The Morgan fingerprint density at radius 3 is 2.71 bits per heavy atom. The first-order valence-corrected chi connectivity index (χ1v) is 6.32. The van der Waals surface area contributed by atoms with Gasteiger partial charge in [0.05, 0.1) is 0 Å². The minimum Gasteiger partial charge on any atom is -0.342 e.